The van der Waals surface area contributed by atoms with Crippen molar-refractivity contribution in [3.8, 4) is 0 Å². The molecule has 1 aromatic rings. The van der Waals surface area contributed by atoms with Crippen LogP contribution in [0, 0.1) is 0 Å². The minimum absolute atomic E-state index is 0.0599. The van der Waals surface area contributed by atoms with Gasteiger partial charge in [0.05, 0.1) is 13.0 Å². The summed E-state index contributed by atoms with van der Waals surface area (Å²) in [5, 5.41) is 20.2. The zero-order chi connectivity index (χ0) is 11.1. The molecule has 0 amide bonds. The third-order valence-electron chi connectivity index (χ3n) is 2.00. The average Bonchev–Trinajstić information content (AvgIpc) is 2.20. The summed E-state index contributed by atoms with van der Waals surface area (Å²) in [6.07, 6.45) is 0.0599. The second-order valence-electron chi connectivity index (χ2n) is 3.29. The standard InChI is InChI=1S/C11H15NO3/c13-6-5-12-8-10-3-1-9(2-4-10)7-11(14)15/h1-4,12-13H,5-8H2,(H,14,15). The van der Waals surface area contributed by atoms with Gasteiger partial charge in [-0.15, -0.1) is 0 Å². The fourth-order valence-electron chi connectivity index (χ4n) is 1.26. The van der Waals surface area contributed by atoms with Gasteiger partial charge in [-0.2, -0.15) is 0 Å². The molecule has 0 radical (unpaired) electrons. The summed E-state index contributed by atoms with van der Waals surface area (Å²) in [4.78, 5) is 10.4. The second-order valence-corrected chi connectivity index (χ2v) is 3.29. The molecule has 0 saturated heterocycles. The van der Waals surface area contributed by atoms with Crippen LogP contribution >= 0.6 is 0 Å². The number of aliphatic carboxylic acids is 1. The first-order chi connectivity index (χ1) is 7.22. The Labute approximate surface area is 88.6 Å². The van der Waals surface area contributed by atoms with Crippen molar-refractivity contribution in [3.63, 3.8) is 0 Å². The molecule has 1 aromatic carbocycles. The molecule has 4 nitrogen and oxygen atoms in total. The fourth-order valence-corrected chi connectivity index (χ4v) is 1.26. The van der Waals surface area contributed by atoms with Crippen LogP contribution in [0.4, 0.5) is 0 Å². The van der Waals surface area contributed by atoms with Crippen molar-refractivity contribution in [1.29, 1.82) is 0 Å². The summed E-state index contributed by atoms with van der Waals surface area (Å²) >= 11 is 0. The van der Waals surface area contributed by atoms with Crippen molar-refractivity contribution in [3.05, 3.63) is 35.4 Å². The van der Waals surface area contributed by atoms with E-state index in [2.05, 4.69) is 5.32 Å². The predicted molar refractivity (Wildman–Crippen MR) is 56.6 cm³/mol. The third kappa shape index (κ3) is 4.58. The zero-order valence-electron chi connectivity index (χ0n) is 8.44. The van der Waals surface area contributed by atoms with E-state index in [0.29, 0.717) is 13.1 Å². The molecular formula is C11H15NO3. The van der Waals surface area contributed by atoms with Gasteiger partial charge in [0.1, 0.15) is 0 Å². The Morgan fingerprint density at radius 1 is 1.20 bits per heavy atom. The highest BCUT2D eigenvalue weighted by Crippen LogP contribution is 2.04. The number of carboxylic acid groups (broad SMARTS) is 1. The van der Waals surface area contributed by atoms with Crippen molar-refractivity contribution >= 4 is 5.97 Å². The Bertz CT molecular complexity index is 308. The highest BCUT2D eigenvalue weighted by atomic mass is 16.4. The number of aliphatic hydroxyl groups is 1. The lowest BCUT2D eigenvalue weighted by Crippen LogP contribution is -2.17. The monoisotopic (exact) mass is 209 g/mol. The highest BCUT2D eigenvalue weighted by Gasteiger charge is 1.99. The van der Waals surface area contributed by atoms with Crippen LogP contribution in [0.25, 0.3) is 0 Å². The minimum Gasteiger partial charge on any atom is -0.481 e. The van der Waals surface area contributed by atoms with Crippen LogP contribution in [0.15, 0.2) is 24.3 Å². The Kier molecular flexibility index (Phi) is 4.80. The average molecular weight is 209 g/mol. The van der Waals surface area contributed by atoms with E-state index < -0.39 is 5.97 Å². The fraction of sp³-hybridized carbons (Fsp3) is 0.364. The molecule has 0 aliphatic carbocycles. The quantitative estimate of drug-likeness (QED) is 0.593. The second kappa shape index (κ2) is 6.16. The summed E-state index contributed by atoms with van der Waals surface area (Å²) in [6.45, 7) is 1.38. The van der Waals surface area contributed by atoms with Crippen molar-refractivity contribution in [2.24, 2.45) is 0 Å². The van der Waals surface area contributed by atoms with Crippen LogP contribution in [0.5, 0.6) is 0 Å². The molecule has 82 valence electrons. The Morgan fingerprint density at radius 3 is 2.33 bits per heavy atom. The molecule has 1 rings (SSSR count). The van der Waals surface area contributed by atoms with Gasteiger partial charge >= 0.3 is 5.97 Å². The lowest BCUT2D eigenvalue weighted by atomic mass is 10.1. The molecule has 0 aliphatic heterocycles. The van der Waals surface area contributed by atoms with Gasteiger partial charge in [-0.25, -0.2) is 0 Å². The maximum Gasteiger partial charge on any atom is 0.307 e. The molecule has 0 spiro atoms. The summed E-state index contributed by atoms with van der Waals surface area (Å²) in [5.74, 6) is -0.818. The molecular weight excluding hydrogens is 194 g/mol. The SMILES string of the molecule is O=C(O)Cc1ccc(CNCCO)cc1. The van der Waals surface area contributed by atoms with Gasteiger partial charge in [0.25, 0.3) is 0 Å². The molecule has 4 heteroatoms. The van der Waals surface area contributed by atoms with E-state index in [-0.39, 0.29) is 13.0 Å². The van der Waals surface area contributed by atoms with E-state index in [0.717, 1.165) is 11.1 Å². The predicted octanol–water partition coefficient (Wildman–Crippen LogP) is 0.396. The van der Waals surface area contributed by atoms with Crippen molar-refractivity contribution in [1.82, 2.24) is 5.32 Å². The van der Waals surface area contributed by atoms with Crippen LogP contribution in [0.2, 0.25) is 0 Å². The van der Waals surface area contributed by atoms with E-state index in [1.807, 2.05) is 24.3 Å². The number of rotatable bonds is 6. The van der Waals surface area contributed by atoms with Crippen LogP contribution in [-0.2, 0) is 17.8 Å². The molecule has 0 fully saturated rings. The number of carbonyl (C=O) groups is 1. The summed E-state index contributed by atoms with van der Waals surface area (Å²) < 4.78 is 0. The van der Waals surface area contributed by atoms with Crippen molar-refractivity contribution < 1.29 is 15.0 Å². The summed E-state index contributed by atoms with van der Waals surface area (Å²) in [7, 11) is 0. The van der Waals surface area contributed by atoms with Crippen LogP contribution < -0.4 is 5.32 Å². The zero-order valence-corrected chi connectivity index (χ0v) is 8.44. The molecule has 3 N–H and O–H groups in total. The van der Waals surface area contributed by atoms with Gasteiger partial charge in [0.15, 0.2) is 0 Å². The number of benzene rings is 1. The molecule has 15 heavy (non-hydrogen) atoms. The van der Waals surface area contributed by atoms with Gasteiger partial charge < -0.3 is 15.5 Å². The number of hydrogen-bond acceptors (Lipinski definition) is 3. The number of nitrogens with one attached hydrogen (secondary N) is 1. The molecule has 0 heterocycles. The third-order valence-corrected chi connectivity index (χ3v) is 2.00. The van der Waals surface area contributed by atoms with Crippen LogP contribution in [-0.4, -0.2) is 29.3 Å². The molecule has 0 bridgehead atoms. The van der Waals surface area contributed by atoms with E-state index in [1.165, 1.54) is 0 Å². The van der Waals surface area contributed by atoms with Gasteiger partial charge in [0, 0.05) is 13.1 Å². The van der Waals surface area contributed by atoms with Crippen molar-refractivity contribution in [2.45, 2.75) is 13.0 Å². The molecule has 0 unspecified atom stereocenters. The maximum atomic E-state index is 10.4. The first-order valence-electron chi connectivity index (χ1n) is 4.83. The first kappa shape index (κ1) is 11.7. The summed E-state index contributed by atoms with van der Waals surface area (Å²) in [5.41, 5.74) is 1.88. The van der Waals surface area contributed by atoms with E-state index >= 15 is 0 Å². The normalized spacial score (nSPS) is 10.2. The van der Waals surface area contributed by atoms with E-state index in [4.69, 9.17) is 10.2 Å². The molecule has 0 atom stereocenters. The van der Waals surface area contributed by atoms with E-state index in [1.54, 1.807) is 0 Å². The first-order valence-corrected chi connectivity index (χ1v) is 4.83. The van der Waals surface area contributed by atoms with Gasteiger partial charge in [-0.3, -0.25) is 4.79 Å². The van der Waals surface area contributed by atoms with Gasteiger partial charge in [0.2, 0.25) is 0 Å². The number of carboxylic acids is 1. The van der Waals surface area contributed by atoms with Crippen molar-refractivity contribution in [2.75, 3.05) is 13.2 Å². The van der Waals surface area contributed by atoms with Crippen LogP contribution in [0.3, 0.4) is 0 Å². The van der Waals surface area contributed by atoms with E-state index in [9.17, 15) is 4.79 Å². The Morgan fingerprint density at radius 2 is 1.80 bits per heavy atom. The summed E-state index contributed by atoms with van der Waals surface area (Å²) in [6, 6.07) is 7.40. The van der Waals surface area contributed by atoms with Gasteiger partial charge in [-0.05, 0) is 11.1 Å². The number of aliphatic hydroxyl groups excluding tert-OH is 1. The molecule has 0 aromatic heterocycles. The topological polar surface area (TPSA) is 69.6 Å². The number of hydrogen-bond donors (Lipinski definition) is 3. The lowest BCUT2D eigenvalue weighted by molar-refractivity contribution is -0.136. The Balaban J connectivity index is 2.45. The maximum absolute atomic E-state index is 10.4. The molecule has 0 aliphatic rings. The smallest absolute Gasteiger partial charge is 0.307 e. The highest BCUT2D eigenvalue weighted by molar-refractivity contribution is 5.70. The van der Waals surface area contributed by atoms with Crippen LogP contribution in [0.1, 0.15) is 11.1 Å². The minimum atomic E-state index is -0.818. The van der Waals surface area contributed by atoms with Gasteiger partial charge in [-0.1, -0.05) is 24.3 Å². The molecule has 0 saturated carbocycles. The largest absolute Gasteiger partial charge is 0.481 e. The lowest BCUT2D eigenvalue weighted by Gasteiger charge is -2.03. The Hall–Kier alpha value is -1.39.